The minimum Gasteiger partial charge on any atom is -0.414 e. The number of hydrogen-bond acceptors (Lipinski definition) is 3. The number of nitrogens with one attached hydrogen (secondary N) is 1. The number of rotatable bonds is 5. The van der Waals surface area contributed by atoms with E-state index in [4.69, 9.17) is 4.43 Å². The number of hydrogen-bond donors (Lipinski definition) is 1. The summed E-state index contributed by atoms with van der Waals surface area (Å²) in [5.74, 6) is -0.998. The molecule has 1 rings (SSSR count). The van der Waals surface area contributed by atoms with Crippen LogP contribution in [-0.2, 0) is 14.0 Å². The van der Waals surface area contributed by atoms with Gasteiger partial charge in [-0.25, -0.2) is 0 Å². The Morgan fingerprint density at radius 3 is 2.08 bits per heavy atom. The first-order valence-electron chi connectivity index (χ1n) is 8.28. The molecule has 0 radical (unpaired) electrons. The van der Waals surface area contributed by atoms with Crippen molar-refractivity contribution >= 4 is 14.2 Å². The average Bonchev–Trinajstić information content (AvgIpc) is 2.42. The van der Waals surface area contributed by atoms with Crippen LogP contribution >= 0.6 is 0 Å². The minimum atomic E-state index is -4.58. The van der Waals surface area contributed by atoms with Crippen molar-refractivity contribution in [3.05, 3.63) is 0 Å². The van der Waals surface area contributed by atoms with E-state index in [1.807, 2.05) is 0 Å². The first kappa shape index (κ1) is 21.4. The second kappa shape index (κ2) is 7.33. The third-order valence-corrected chi connectivity index (χ3v) is 9.94. The number of carbonyl (C=O) groups excluding carboxylic acids is 1. The number of ether oxygens (including phenoxy) is 1. The SMILES string of the molecule is COCNC(=O)C1(C(F)(F)F)CCC(O[Si](C)(C)C(C)(C)C)CC1. The molecule has 0 unspecified atom stereocenters. The number of halogens is 3. The van der Waals surface area contributed by atoms with Crippen LogP contribution in [0.4, 0.5) is 13.2 Å². The van der Waals surface area contributed by atoms with E-state index in [-0.39, 0.29) is 43.6 Å². The lowest BCUT2D eigenvalue weighted by atomic mass is 9.72. The molecule has 0 saturated heterocycles. The van der Waals surface area contributed by atoms with Gasteiger partial charge in [0.25, 0.3) is 0 Å². The van der Waals surface area contributed by atoms with Gasteiger partial charge in [0.15, 0.2) is 8.32 Å². The van der Waals surface area contributed by atoms with Crippen molar-refractivity contribution in [2.75, 3.05) is 13.8 Å². The van der Waals surface area contributed by atoms with Crippen LogP contribution in [0.25, 0.3) is 0 Å². The molecule has 0 atom stereocenters. The molecule has 0 aliphatic heterocycles. The smallest absolute Gasteiger partial charge is 0.403 e. The summed E-state index contributed by atoms with van der Waals surface area (Å²) in [5, 5.41) is 2.22. The predicted octanol–water partition coefficient (Wildman–Crippen LogP) is 4.22. The molecular formula is C16H30F3NO3Si. The number of amides is 1. The summed E-state index contributed by atoms with van der Waals surface area (Å²) in [7, 11) is -0.711. The Bertz CT molecular complexity index is 439. The fraction of sp³-hybridized carbons (Fsp3) is 0.938. The average molecular weight is 370 g/mol. The number of carbonyl (C=O) groups is 1. The number of alkyl halides is 3. The third kappa shape index (κ3) is 4.52. The van der Waals surface area contributed by atoms with E-state index < -0.39 is 25.8 Å². The summed E-state index contributed by atoms with van der Waals surface area (Å²) >= 11 is 0. The van der Waals surface area contributed by atoms with Gasteiger partial charge in [0, 0.05) is 13.2 Å². The van der Waals surface area contributed by atoms with E-state index >= 15 is 0 Å². The second-order valence-corrected chi connectivity index (χ2v) is 12.9. The largest absolute Gasteiger partial charge is 0.414 e. The highest BCUT2D eigenvalue weighted by molar-refractivity contribution is 6.74. The summed E-state index contributed by atoms with van der Waals surface area (Å²) in [5.41, 5.74) is -2.33. The van der Waals surface area contributed by atoms with Crippen LogP contribution < -0.4 is 5.32 Å². The summed E-state index contributed by atoms with van der Waals surface area (Å²) < 4.78 is 51.7. The molecule has 0 spiro atoms. The highest BCUT2D eigenvalue weighted by atomic mass is 28.4. The zero-order chi connectivity index (χ0) is 18.8. The fourth-order valence-electron chi connectivity index (χ4n) is 2.74. The van der Waals surface area contributed by atoms with Crippen LogP contribution in [0.3, 0.4) is 0 Å². The maximum atomic E-state index is 13.6. The third-order valence-electron chi connectivity index (χ3n) is 5.41. The van der Waals surface area contributed by atoms with Crippen LogP contribution in [0.15, 0.2) is 0 Å². The zero-order valence-corrected chi connectivity index (χ0v) is 16.5. The van der Waals surface area contributed by atoms with Crippen LogP contribution in [0.1, 0.15) is 46.5 Å². The topological polar surface area (TPSA) is 47.6 Å². The van der Waals surface area contributed by atoms with Gasteiger partial charge in [0.1, 0.15) is 12.1 Å². The van der Waals surface area contributed by atoms with Crippen molar-refractivity contribution in [1.82, 2.24) is 5.32 Å². The summed E-state index contributed by atoms with van der Waals surface area (Å²) in [4.78, 5) is 12.1. The molecule has 142 valence electrons. The second-order valence-electron chi connectivity index (χ2n) is 8.10. The van der Waals surface area contributed by atoms with Crippen LogP contribution in [0.5, 0.6) is 0 Å². The first-order valence-corrected chi connectivity index (χ1v) is 11.2. The number of methoxy groups -OCH3 is 1. The Kier molecular flexibility index (Phi) is 6.55. The molecule has 4 nitrogen and oxygen atoms in total. The van der Waals surface area contributed by atoms with Gasteiger partial charge in [0.05, 0.1) is 0 Å². The lowest BCUT2D eigenvalue weighted by Crippen LogP contribution is -2.54. The van der Waals surface area contributed by atoms with Gasteiger partial charge in [-0.3, -0.25) is 4.79 Å². The molecule has 1 N–H and O–H groups in total. The van der Waals surface area contributed by atoms with Crippen molar-refractivity contribution in [3.63, 3.8) is 0 Å². The van der Waals surface area contributed by atoms with Gasteiger partial charge in [-0.1, -0.05) is 20.8 Å². The maximum Gasteiger partial charge on any atom is 0.403 e. The van der Waals surface area contributed by atoms with Gasteiger partial charge < -0.3 is 14.5 Å². The van der Waals surface area contributed by atoms with E-state index in [0.29, 0.717) is 0 Å². The molecule has 1 amide bonds. The van der Waals surface area contributed by atoms with Crippen LogP contribution in [0, 0.1) is 5.41 Å². The molecule has 1 aliphatic rings. The Morgan fingerprint density at radius 1 is 1.21 bits per heavy atom. The Labute approximate surface area is 143 Å². The maximum absolute atomic E-state index is 13.6. The van der Waals surface area contributed by atoms with Crippen molar-refractivity contribution in [2.24, 2.45) is 5.41 Å². The Hall–Kier alpha value is -0.603. The fourth-order valence-corrected chi connectivity index (χ4v) is 4.16. The normalized spacial score (nSPS) is 26.3. The van der Waals surface area contributed by atoms with E-state index in [0.717, 1.165) is 0 Å². The minimum absolute atomic E-state index is 0.00139. The molecule has 0 aromatic carbocycles. The zero-order valence-electron chi connectivity index (χ0n) is 15.5. The van der Waals surface area contributed by atoms with Gasteiger partial charge in [-0.15, -0.1) is 0 Å². The lowest BCUT2D eigenvalue weighted by molar-refractivity contribution is -0.233. The predicted molar refractivity (Wildman–Crippen MR) is 89.0 cm³/mol. The molecule has 1 aliphatic carbocycles. The van der Waals surface area contributed by atoms with Crippen molar-refractivity contribution in [1.29, 1.82) is 0 Å². The van der Waals surface area contributed by atoms with Crippen LogP contribution in [-0.4, -0.2) is 40.3 Å². The standard InChI is InChI=1S/C16H30F3NO3Si/c1-14(2,3)24(5,6)23-12-7-9-15(10-8-12,16(17,18)19)13(21)20-11-22-4/h12H,7-11H2,1-6H3,(H,20,21). The first-order chi connectivity index (χ1) is 10.8. The van der Waals surface area contributed by atoms with Crippen molar-refractivity contribution in [3.8, 4) is 0 Å². The van der Waals surface area contributed by atoms with E-state index in [2.05, 4.69) is 43.9 Å². The van der Waals surface area contributed by atoms with Crippen molar-refractivity contribution in [2.45, 2.75) is 76.9 Å². The van der Waals surface area contributed by atoms with Crippen molar-refractivity contribution < 1.29 is 27.1 Å². The molecule has 1 fully saturated rings. The molecule has 1 saturated carbocycles. The summed E-state index contributed by atoms with van der Waals surface area (Å²) in [6, 6.07) is 0. The Balaban J connectivity index is 2.83. The van der Waals surface area contributed by atoms with Crippen LogP contribution in [0.2, 0.25) is 18.1 Å². The molecule has 0 bridgehead atoms. The van der Waals surface area contributed by atoms with Gasteiger partial charge in [0.2, 0.25) is 5.91 Å². The monoisotopic (exact) mass is 369 g/mol. The van der Waals surface area contributed by atoms with E-state index in [1.54, 1.807) is 0 Å². The highest BCUT2D eigenvalue weighted by Gasteiger charge is 2.61. The molecular weight excluding hydrogens is 339 g/mol. The van der Waals surface area contributed by atoms with E-state index in [9.17, 15) is 18.0 Å². The quantitative estimate of drug-likeness (QED) is 0.583. The molecule has 0 aromatic heterocycles. The molecule has 0 aromatic rings. The molecule has 8 heteroatoms. The van der Waals surface area contributed by atoms with Gasteiger partial charge >= 0.3 is 6.18 Å². The molecule has 24 heavy (non-hydrogen) atoms. The summed E-state index contributed by atoms with van der Waals surface area (Å²) in [6.07, 6.45) is -4.79. The van der Waals surface area contributed by atoms with Gasteiger partial charge in [-0.05, 0) is 43.8 Å². The Morgan fingerprint density at radius 2 is 1.71 bits per heavy atom. The summed E-state index contributed by atoms with van der Waals surface area (Å²) in [6.45, 7) is 10.2. The highest BCUT2D eigenvalue weighted by Crippen LogP contribution is 2.50. The molecule has 0 heterocycles. The van der Waals surface area contributed by atoms with Gasteiger partial charge in [-0.2, -0.15) is 13.2 Å². The van der Waals surface area contributed by atoms with E-state index in [1.165, 1.54) is 7.11 Å². The lowest BCUT2D eigenvalue weighted by Gasteiger charge is -2.44.